The van der Waals surface area contributed by atoms with Crippen molar-refractivity contribution in [1.29, 1.82) is 0 Å². The van der Waals surface area contributed by atoms with Crippen molar-refractivity contribution in [3.8, 4) is 0 Å². The predicted octanol–water partition coefficient (Wildman–Crippen LogP) is 3.77. The fourth-order valence-corrected chi connectivity index (χ4v) is 3.73. The lowest BCUT2D eigenvalue weighted by atomic mass is 10.1. The summed E-state index contributed by atoms with van der Waals surface area (Å²) in [5, 5.41) is 3.66. The third-order valence-corrected chi connectivity index (χ3v) is 5.35. The topological polar surface area (TPSA) is 49.4 Å². The lowest BCUT2D eigenvalue weighted by molar-refractivity contribution is -0.116. The molecule has 1 aliphatic heterocycles. The highest BCUT2D eigenvalue weighted by atomic mass is 35.5. The molecule has 0 radical (unpaired) electrons. The van der Waals surface area contributed by atoms with Gasteiger partial charge < -0.3 is 10.2 Å². The van der Waals surface area contributed by atoms with Gasteiger partial charge in [-0.15, -0.1) is 11.8 Å². The number of amides is 2. The van der Waals surface area contributed by atoms with E-state index in [1.807, 2.05) is 36.4 Å². The molecule has 1 N–H and O–H groups in total. The lowest BCUT2D eigenvalue weighted by Crippen LogP contribution is -2.26. The Balaban J connectivity index is 1.52. The second-order valence-corrected chi connectivity index (χ2v) is 7.43. The number of rotatable bonds is 5. The SMILES string of the molecule is CC(=O)N1CCc2cc(C(=O)NCCSc3ccc(Cl)cc3)ccc21. The van der Waals surface area contributed by atoms with E-state index in [0.29, 0.717) is 18.7 Å². The lowest BCUT2D eigenvalue weighted by Gasteiger charge is -2.14. The van der Waals surface area contributed by atoms with E-state index in [1.165, 1.54) is 0 Å². The van der Waals surface area contributed by atoms with Crippen LogP contribution < -0.4 is 10.2 Å². The maximum Gasteiger partial charge on any atom is 0.251 e. The molecule has 0 atom stereocenters. The van der Waals surface area contributed by atoms with Gasteiger partial charge in [0.25, 0.3) is 5.91 Å². The van der Waals surface area contributed by atoms with Crippen LogP contribution in [-0.2, 0) is 11.2 Å². The van der Waals surface area contributed by atoms with Crippen LogP contribution in [0.15, 0.2) is 47.4 Å². The van der Waals surface area contributed by atoms with Crippen molar-refractivity contribution in [2.45, 2.75) is 18.2 Å². The van der Waals surface area contributed by atoms with E-state index in [2.05, 4.69) is 5.32 Å². The Bertz CT molecular complexity index is 793. The highest BCUT2D eigenvalue weighted by molar-refractivity contribution is 7.99. The van der Waals surface area contributed by atoms with Crippen LogP contribution in [0.4, 0.5) is 5.69 Å². The van der Waals surface area contributed by atoms with E-state index in [4.69, 9.17) is 11.6 Å². The highest BCUT2D eigenvalue weighted by Crippen LogP contribution is 2.28. The average Bonchev–Trinajstić information content (AvgIpc) is 3.03. The minimum Gasteiger partial charge on any atom is -0.351 e. The normalized spacial score (nSPS) is 12.8. The first-order chi connectivity index (χ1) is 12.0. The number of hydrogen-bond acceptors (Lipinski definition) is 3. The molecule has 2 aromatic carbocycles. The number of hydrogen-bond donors (Lipinski definition) is 1. The van der Waals surface area contributed by atoms with Crippen LogP contribution in [0.2, 0.25) is 5.02 Å². The first-order valence-electron chi connectivity index (χ1n) is 8.12. The Morgan fingerprint density at radius 2 is 1.96 bits per heavy atom. The van der Waals surface area contributed by atoms with Crippen molar-refractivity contribution in [2.75, 3.05) is 23.7 Å². The summed E-state index contributed by atoms with van der Waals surface area (Å²) in [7, 11) is 0. The van der Waals surface area contributed by atoms with E-state index in [-0.39, 0.29) is 11.8 Å². The third-order valence-electron chi connectivity index (χ3n) is 4.09. The van der Waals surface area contributed by atoms with Crippen LogP contribution in [0.3, 0.4) is 0 Å². The number of benzene rings is 2. The van der Waals surface area contributed by atoms with Crippen LogP contribution in [0, 0.1) is 0 Å². The molecule has 2 aromatic rings. The molecule has 0 unspecified atom stereocenters. The van der Waals surface area contributed by atoms with E-state index in [9.17, 15) is 9.59 Å². The molecule has 0 saturated heterocycles. The summed E-state index contributed by atoms with van der Waals surface area (Å²) in [6, 6.07) is 13.2. The Morgan fingerprint density at radius 3 is 2.68 bits per heavy atom. The Morgan fingerprint density at radius 1 is 1.20 bits per heavy atom. The van der Waals surface area contributed by atoms with Crippen LogP contribution in [0.1, 0.15) is 22.8 Å². The molecule has 0 aliphatic carbocycles. The number of carbonyl (C=O) groups excluding carboxylic acids is 2. The zero-order valence-corrected chi connectivity index (χ0v) is 15.5. The van der Waals surface area contributed by atoms with Gasteiger partial charge in [0.15, 0.2) is 0 Å². The molecular formula is C19H19ClN2O2S. The number of anilines is 1. The molecule has 25 heavy (non-hydrogen) atoms. The summed E-state index contributed by atoms with van der Waals surface area (Å²) in [4.78, 5) is 26.7. The maximum atomic E-state index is 12.3. The number of fused-ring (bicyclic) bond motifs is 1. The summed E-state index contributed by atoms with van der Waals surface area (Å²) >= 11 is 7.53. The molecule has 3 rings (SSSR count). The molecule has 1 aliphatic rings. The van der Waals surface area contributed by atoms with Crippen molar-refractivity contribution in [1.82, 2.24) is 5.32 Å². The van der Waals surface area contributed by atoms with Crippen molar-refractivity contribution >= 4 is 40.9 Å². The van der Waals surface area contributed by atoms with Gasteiger partial charge in [0.1, 0.15) is 0 Å². The minimum atomic E-state index is -0.0826. The molecule has 4 nitrogen and oxygen atoms in total. The molecule has 0 bridgehead atoms. The third kappa shape index (κ3) is 4.35. The molecule has 1 heterocycles. The Labute approximate surface area is 156 Å². The second-order valence-electron chi connectivity index (χ2n) is 5.82. The van der Waals surface area contributed by atoms with E-state index < -0.39 is 0 Å². The molecule has 0 saturated carbocycles. The van der Waals surface area contributed by atoms with Crippen LogP contribution in [0.25, 0.3) is 0 Å². The van der Waals surface area contributed by atoms with Crippen LogP contribution in [0.5, 0.6) is 0 Å². The van der Waals surface area contributed by atoms with E-state index >= 15 is 0 Å². The van der Waals surface area contributed by atoms with Gasteiger partial charge in [0.05, 0.1) is 0 Å². The molecule has 0 aromatic heterocycles. The van der Waals surface area contributed by atoms with Gasteiger partial charge in [0.2, 0.25) is 5.91 Å². The maximum absolute atomic E-state index is 12.3. The molecule has 0 fully saturated rings. The minimum absolute atomic E-state index is 0.0372. The quantitative estimate of drug-likeness (QED) is 0.640. The van der Waals surface area contributed by atoms with Gasteiger partial charge in [0, 0.05) is 46.9 Å². The molecule has 2 amide bonds. The summed E-state index contributed by atoms with van der Waals surface area (Å²) in [5.41, 5.74) is 2.61. The fourth-order valence-electron chi connectivity index (χ4n) is 2.84. The number of thioether (sulfide) groups is 1. The van der Waals surface area contributed by atoms with Gasteiger partial charge >= 0.3 is 0 Å². The zero-order chi connectivity index (χ0) is 17.8. The fraction of sp³-hybridized carbons (Fsp3) is 0.263. The summed E-state index contributed by atoms with van der Waals surface area (Å²) in [6.07, 6.45) is 0.794. The first kappa shape index (κ1) is 17.8. The number of nitrogens with zero attached hydrogens (tertiary/aromatic N) is 1. The smallest absolute Gasteiger partial charge is 0.251 e. The van der Waals surface area contributed by atoms with Crippen molar-refractivity contribution in [3.05, 3.63) is 58.6 Å². The van der Waals surface area contributed by atoms with Crippen LogP contribution in [-0.4, -0.2) is 30.7 Å². The van der Waals surface area contributed by atoms with Gasteiger partial charge in [-0.2, -0.15) is 0 Å². The molecule has 6 heteroatoms. The summed E-state index contributed by atoms with van der Waals surface area (Å²) in [6.45, 7) is 2.84. The molecule has 0 spiro atoms. The van der Waals surface area contributed by atoms with Gasteiger partial charge in [-0.05, 0) is 54.4 Å². The van der Waals surface area contributed by atoms with E-state index in [0.717, 1.165) is 33.3 Å². The van der Waals surface area contributed by atoms with Gasteiger partial charge in [-0.3, -0.25) is 9.59 Å². The van der Waals surface area contributed by atoms with Crippen molar-refractivity contribution in [3.63, 3.8) is 0 Å². The first-order valence-corrected chi connectivity index (χ1v) is 9.48. The van der Waals surface area contributed by atoms with Crippen LogP contribution >= 0.6 is 23.4 Å². The zero-order valence-electron chi connectivity index (χ0n) is 13.9. The Kier molecular flexibility index (Phi) is 5.66. The average molecular weight is 375 g/mol. The number of halogens is 1. The van der Waals surface area contributed by atoms with Gasteiger partial charge in [-0.1, -0.05) is 11.6 Å². The molecule has 130 valence electrons. The van der Waals surface area contributed by atoms with E-state index in [1.54, 1.807) is 29.7 Å². The standard InChI is InChI=1S/C19H19ClN2O2S/c1-13(23)22-10-8-14-12-15(2-7-18(14)22)19(24)21-9-11-25-17-5-3-16(20)4-6-17/h2-7,12H,8-11H2,1H3,(H,21,24). The highest BCUT2D eigenvalue weighted by Gasteiger charge is 2.22. The largest absolute Gasteiger partial charge is 0.351 e. The second kappa shape index (κ2) is 7.93. The summed E-state index contributed by atoms with van der Waals surface area (Å²) < 4.78 is 0. The number of nitrogens with one attached hydrogen (secondary N) is 1. The van der Waals surface area contributed by atoms with Crippen molar-refractivity contribution < 1.29 is 9.59 Å². The number of carbonyl (C=O) groups is 2. The monoisotopic (exact) mass is 374 g/mol. The predicted molar refractivity (Wildman–Crippen MR) is 103 cm³/mol. The van der Waals surface area contributed by atoms with Crippen molar-refractivity contribution in [2.24, 2.45) is 0 Å². The summed E-state index contributed by atoms with van der Waals surface area (Å²) in [5.74, 6) is 0.743. The Hall–Kier alpha value is -1.98. The molecular weight excluding hydrogens is 356 g/mol. The van der Waals surface area contributed by atoms with Gasteiger partial charge in [-0.25, -0.2) is 0 Å².